The van der Waals surface area contributed by atoms with E-state index in [1.54, 1.807) is 24.3 Å². The SMILES string of the molecule is O=C(NCCC(=O)N1CCCc2cc(OC(F)(F)F)ccc21)Nc1ccccc1. The van der Waals surface area contributed by atoms with Crippen molar-refractivity contribution in [1.82, 2.24) is 5.32 Å². The molecule has 2 aromatic carbocycles. The number of fused-ring (bicyclic) bond motifs is 1. The number of hydrogen-bond donors (Lipinski definition) is 2. The number of carbonyl (C=O) groups excluding carboxylic acids is 2. The molecule has 2 aromatic rings. The number of urea groups is 1. The highest BCUT2D eigenvalue weighted by molar-refractivity contribution is 5.95. The topological polar surface area (TPSA) is 70.7 Å². The Labute approximate surface area is 165 Å². The number of halogens is 3. The monoisotopic (exact) mass is 407 g/mol. The van der Waals surface area contributed by atoms with Crippen LogP contribution in [-0.2, 0) is 11.2 Å². The van der Waals surface area contributed by atoms with E-state index >= 15 is 0 Å². The lowest BCUT2D eigenvalue weighted by atomic mass is 10.0. The summed E-state index contributed by atoms with van der Waals surface area (Å²) in [7, 11) is 0. The molecule has 3 amide bonds. The first kappa shape index (κ1) is 20.5. The predicted octanol–water partition coefficient (Wildman–Crippen LogP) is 4.08. The summed E-state index contributed by atoms with van der Waals surface area (Å²) < 4.78 is 41.1. The summed E-state index contributed by atoms with van der Waals surface area (Å²) in [5.41, 5.74) is 1.84. The fraction of sp³-hybridized carbons (Fsp3) is 0.300. The molecule has 154 valence electrons. The van der Waals surface area contributed by atoms with Crippen molar-refractivity contribution in [2.45, 2.75) is 25.6 Å². The van der Waals surface area contributed by atoms with Crippen molar-refractivity contribution in [3.8, 4) is 5.75 Å². The summed E-state index contributed by atoms with van der Waals surface area (Å²) >= 11 is 0. The van der Waals surface area contributed by atoms with Gasteiger partial charge >= 0.3 is 12.4 Å². The van der Waals surface area contributed by atoms with Gasteiger partial charge in [0, 0.05) is 30.9 Å². The molecule has 6 nitrogen and oxygen atoms in total. The molecule has 0 radical (unpaired) electrons. The molecule has 1 heterocycles. The van der Waals surface area contributed by atoms with Crippen molar-refractivity contribution >= 4 is 23.3 Å². The second kappa shape index (κ2) is 8.85. The standard InChI is InChI=1S/C20H20F3N3O3/c21-20(22,23)29-16-8-9-17-14(13-16)5-4-12-26(17)18(27)10-11-24-19(28)25-15-6-2-1-3-7-15/h1-3,6-9,13H,4-5,10-12H2,(H2,24,25,28). The van der Waals surface area contributed by atoms with E-state index in [1.165, 1.54) is 23.1 Å². The second-order valence-electron chi connectivity index (χ2n) is 6.48. The van der Waals surface area contributed by atoms with Gasteiger partial charge in [0.15, 0.2) is 0 Å². The molecule has 1 aliphatic rings. The van der Waals surface area contributed by atoms with Crippen molar-refractivity contribution in [3.63, 3.8) is 0 Å². The van der Waals surface area contributed by atoms with Gasteiger partial charge in [-0.1, -0.05) is 18.2 Å². The summed E-state index contributed by atoms with van der Waals surface area (Å²) in [6.45, 7) is 0.611. The first-order chi connectivity index (χ1) is 13.8. The number of nitrogens with one attached hydrogen (secondary N) is 2. The van der Waals surface area contributed by atoms with Crippen LogP contribution in [0.15, 0.2) is 48.5 Å². The minimum atomic E-state index is -4.76. The van der Waals surface area contributed by atoms with Gasteiger partial charge in [-0.3, -0.25) is 4.79 Å². The number of para-hydroxylation sites is 1. The van der Waals surface area contributed by atoms with E-state index in [-0.39, 0.29) is 24.6 Å². The van der Waals surface area contributed by atoms with E-state index in [4.69, 9.17) is 0 Å². The average Bonchev–Trinajstić information content (AvgIpc) is 2.66. The minimum Gasteiger partial charge on any atom is -0.406 e. The zero-order valence-electron chi connectivity index (χ0n) is 15.5. The molecular formula is C20H20F3N3O3. The Morgan fingerprint density at radius 3 is 2.59 bits per heavy atom. The summed E-state index contributed by atoms with van der Waals surface area (Å²) in [5, 5.41) is 5.27. The Morgan fingerprint density at radius 1 is 1.10 bits per heavy atom. The Bertz CT molecular complexity index is 872. The van der Waals surface area contributed by atoms with Gasteiger partial charge in [-0.05, 0) is 48.7 Å². The summed E-state index contributed by atoms with van der Waals surface area (Å²) in [6.07, 6.45) is -3.49. The zero-order valence-corrected chi connectivity index (χ0v) is 15.5. The lowest BCUT2D eigenvalue weighted by Crippen LogP contribution is -2.38. The molecule has 2 N–H and O–H groups in total. The molecule has 3 rings (SSSR count). The fourth-order valence-corrected chi connectivity index (χ4v) is 3.14. The van der Waals surface area contributed by atoms with Crippen LogP contribution in [0.5, 0.6) is 5.75 Å². The van der Waals surface area contributed by atoms with Gasteiger partial charge in [-0.25, -0.2) is 4.79 Å². The third-order valence-electron chi connectivity index (χ3n) is 4.36. The van der Waals surface area contributed by atoms with Gasteiger partial charge in [-0.2, -0.15) is 0 Å². The van der Waals surface area contributed by atoms with Crippen molar-refractivity contribution in [3.05, 3.63) is 54.1 Å². The van der Waals surface area contributed by atoms with Crippen LogP contribution in [0.4, 0.5) is 29.3 Å². The second-order valence-corrected chi connectivity index (χ2v) is 6.48. The highest BCUT2D eigenvalue weighted by Gasteiger charge is 2.32. The van der Waals surface area contributed by atoms with Gasteiger partial charge in [0.2, 0.25) is 5.91 Å². The Kier molecular flexibility index (Phi) is 6.26. The van der Waals surface area contributed by atoms with Crippen LogP contribution in [0.2, 0.25) is 0 Å². The van der Waals surface area contributed by atoms with Crippen LogP contribution >= 0.6 is 0 Å². The van der Waals surface area contributed by atoms with Gasteiger partial charge in [0.05, 0.1) is 0 Å². The van der Waals surface area contributed by atoms with E-state index in [0.29, 0.717) is 36.3 Å². The molecule has 0 spiro atoms. The van der Waals surface area contributed by atoms with Crippen molar-refractivity contribution in [1.29, 1.82) is 0 Å². The number of ether oxygens (including phenoxy) is 1. The Hall–Kier alpha value is -3.23. The number of rotatable bonds is 5. The molecule has 9 heteroatoms. The summed E-state index contributed by atoms with van der Waals surface area (Å²) in [4.78, 5) is 26.0. The van der Waals surface area contributed by atoms with E-state index in [1.807, 2.05) is 6.07 Å². The van der Waals surface area contributed by atoms with E-state index < -0.39 is 12.4 Å². The smallest absolute Gasteiger partial charge is 0.406 e. The van der Waals surface area contributed by atoms with Gasteiger partial charge in [0.25, 0.3) is 0 Å². The number of alkyl halides is 3. The number of anilines is 2. The van der Waals surface area contributed by atoms with Gasteiger partial charge < -0.3 is 20.3 Å². The molecule has 1 aliphatic heterocycles. The maximum absolute atomic E-state index is 12.6. The summed E-state index contributed by atoms with van der Waals surface area (Å²) in [6, 6.07) is 12.4. The third-order valence-corrected chi connectivity index (χ3v) is 4.36. The van der Waals surface area contributed by atoms with Crippen molar-refractivity contribution in [2.75, 3.05) is 23.3 Å². The highest BCUT2D eigenvalue weighted by Crippen LogP contribution is 2.33. The number of hydrogen-bond acceptors (Lipinski definition) is 3. The first-order valence-corrected chi connectivity index (χ1v) is 9.11. The average molecular weight is 407 g/mol. The minimum absolute atomic E-state index is 0.0719. The molecule has 0 saturated carbocycles. The van der Waals surface area contributed by atoms with Gasteiger partial charge in [-0.15, -0.1) is 13.2 Å². The van der Waals surface area contributed by atoms with E-state index in [2.05, 4.69) is 15.4 Å². The molecule has 0 bridgehead atoms. The number of nitrogens with zero attached hydrogens (tertiary/aromatic N) is 1. The lowest BCUT2D eigenvalue weighted by Gasteiger charge is -2.30. The van der Waals surface area contributed by atoms with Crippen LogP contribution in [-0.4, -0.2) is 31.4 Å². The van der Waals surface area contributed by atoms with Crippen LogP contribution in [0, 0.1) is 0 Å². The van der Waals surface area contributed by atoms with Crippen LogP contribution in [0.25, 0.3) is 0 Å². The maximum atomic E-state index is 12.6. The van der Waals surface area contributed by atoms with Crippen LogP contribution in [0.3, 0.4) is 0 Å². The molecule has 0 saturated heterocycles. The predicted molar refractivity (Wildman–Crippen MR) is 102 cm³/mol. The largest absolute Gasteiger partial charge is 0.573 e. The van der Waals surface area contributed by atoms with Gasteiger partial charge in [0.1, 0.15) is 5.75 Å². The fourth-order valence-electron chi connectivity index (χ4n) is 3.14. The number of aryl methyl sites for hydroxylation is 1. The number of carbonyl (C=O) groups is 2. The first-order valence-electron chi connectivity index (χ1n) is 9.11. The molecule has 0 fully saturated rings. The molecule has 0 atom stereocenters. The van der Waals surface area contributed by atoms with E-state index in [0.717, 1.165) is 0 Å². The summed E-state index contributed by atoms with van der Waals surface area (Å²) in [5.74, 6) is -0.514. The van der Waals surface area contributed by atoms with Crippen molar-refractivity contribution < 1.29 is 27.5 Å². The number of benzene rings is 2. The zero-order chi connectivity index (χ0) is 20.9. The molecule has 0 unspecified atom stereocenters. The molecule has 0 aromatic heterocycles. The van der Waals surface area contributed by atoms with Crippen LogP contribution in [0.1, 0.15) is 18.4 Å². The van der Waals surface area contributed by atoms with Crippen molar-refractivity contribution in [2.24, 2.45) is 0 Å². The highest BCUT2D eigenvalue weighted by atomic mass is 19.4. The molecule has 0 aliphatic carbocycles. The molecular weight excluding hydrogens is 387 g/mol. The maximum Gasteiger partial charge on any atom is 0.573 e. The molecule has 29 heavy (non-hydrogen) atoms. The normalized spacial score (nSPS) is 13.4. The Morgan fingerprint density at radius 2 is 1.86 bits per heavy atom. The van der Waals surface area contributed by atoms with E-state index in [9.17, 15) is 22.8 Å². The quantitative estimate of drug-likeness (QED) is 0.785. The number of amides is 3. The lowest BCUT2D eigenvalue weighted by molar-refractivity contribution is -0.274. The Balaban J connectivity index is 1.55. The third kappa shape index (κ3) is 5.87. The van der Waals surface area contributed by atoms with Crippen LogP contribution < -0.4 is 20.3 Å².